The number of alkyl carbamates (subject to hydrolysis) is 1. The number of hydrogen-bond donors (Lipinski definition) is 1. The molecule has 0 spiro atoms. The zero-order valence-corrected chi connectivity index (χ0v) is 15.6. The average Bonchev–Trinajstić information content (AvgIpc) is 2.44. The van der Waals surface area contributed by atoms with E-state index in [-0.39, 0.29) is 6.42 Å². The fourth-order valence-corrected chi connectivity index (χ4v) is 2.71. The van der Waals surface area contributed by atoms with Gasteiger partial charge in [0.05, 0.1) is 16.2 Å². The van der Waals surface area contributed by atoms with Crippen molar-refractivity contribution in [1.82, 2.24) is 15.3 Å². The van der Waals surface area contributed by atoms with Gasteiger partial charge in [-0.3, -0.25) is 0 Å². The summed E-state index contributed by atoms with van der Waals surface area (Å²) in [6, 6.07) is 2.55. The van der Waals surface area contributed by atoms with E-state index in [4.69, 9.17) is 4.74 Å². The van der Waals surface area contributed by atoms with Crippen LogP contribution in [0.25, 0.3) is 0 Å². The molecule has 5 nitrogen and oxygen atoms in total. The third-order valence-corrected chi connectivity index (χ3v) is 3.69. The van der Waals surface area contributed by atoms with Gasteiger partial charge < -0.3 is 10.1 Å². The Kier molecular flexibility index (Phi) is 6.05. The predicted molar refractivity (Wildman–Crippen MR) is 91.9 cm³/mol. The number of nitrogens with one attached hydrogen (secondary N) is 1. The molecular formula is C17H18BrF2N3O2. The smallest absolute Gasteiger partial charge is 0.408 e. The van der Waals surface area contributed by atoms with Gasteiger partial charge in [-0.1, -0.05) is 0 Å². The number of halogens is 3. The van der Waals surface area contributed by atoms with Gasteiger partial charge in [-0.25, -0.2) is 23.5 Å². The van der Waals surface area contributed by atoms with Crippen LogP contribution in [0.2, 0.25) is 0 Å². The molecule has 1 amide bonds. The number of amides is 1. The van der Waals surface area contributed by atoms with Crippen LogP contribution in [0.15, 0.2) is 35.2 Å². The second kappa shape index (κ2) is 7.86. The molecule has 0 radical (unpaired) electrons. The molecule has 25 heavy (non-hydrogen) atoms. The number of ether oxygens (including phenoxy) is 1. The molecular weight excluding hydrogens is 396 g/mol. The molecule has 0 aliphatic carbocycles. The summed E-state index contributed by atoms with van der Waals surface area (Å²) in [6.45, 7) is 5.22. The minimum absolute atomic E-state index is 0.129. The third kappa shape index (κ3) is 6.04. The third-order valence-electron chi connectivity index (χ3n) is 3.08. The van der Waals surface area contributed by atoms with Crippen molar-refractivity contribution in [3.63, 3.8) is 0 Å². The lowest BCUT2D eigenvalue weighted by atomic mass is 10.0. The predicted octanol–water partition coefficient (Wildman–Crippen LogP) is 4.33. The lowest BCUT2D eigenvalue weighted by Gasteiger charge is -2.24. The van der Waals surface area contributed by atoms with Crippen molar-refractivity contribution in [2.75, 3.05) is 0 Å². The zero-order valence-electron chi connectivity index (χ0n) is 14.0. The van der Waals surface area contributed by atoms with Gasteiger partial charge in [-0.15, -0.1) is 0 Å². The summed E-state index contributed by atoms with van der Waals surface area (Å²) in [5.41, 5.74) is 0.178. The van der Waals surface area contributed by atoms with Gasteiger partial charge in [0.15, 0.2) is 0 Å². The molecule has 134 valence electrons. The average molecular weight is 414 g/mol. The van der Waals surface area contributed by atoms with Gasteiger partial charge in [0.25, 0.3) is 0 Å². The minimum atomic E-state index is -0.687. The van der Waals surface area contributed by atoms with Crippen molar-refractivity contribution in [3.05, 3.63) is 58.1 Å². The fourth-order valence-electron chi connectivity index (χ4n) is 2.21. The molecule has 1 heterocycles. The first-order chi connectivity index (χ1) is 11.6. The van der Waals surface area contributed by atoms with E-state index in [1.165, 1.54) is 24.7 Å². The summed E-state index contributed by atoms with van der Waals surface area (Å²) in [7, 11) is 0. The Morgan fingerprint density at radius 2 is 1.92 bits per heavy atom. The van der Waals surface area contributed by atoms with Gasteiger partial charge >= 0.3 is 6.09 Å². The normalized spacial score (nSPS) is 12.6. The molecule has 2 aromatic rings. The van der Waals surface area contributed by atoms with E-state index in [0.717, 1.165) is 6.07 Å². The Balaban J connectivity index is 2.29. The Morgan fingerprint density at radius 1 is 1.28 bits per heavy atom. The fraction of sp³-hybridized carbons (Fsp3) is 0.353. The first kappa shape index (κ1) is 19.2. The van der Waals surface area contributed by atoms with E-state index in [9.17, 15) is 13.6 Å². The van der Waals surface area contributed by atoms with Crippen LogP contribution in [0.5, 0.6) is 0 Å². The number of nitrogens with zero attached hydrogens (tertiary/aromatic N) is 2. The highest BCUT2D eigenvalue weighted by Gasteiger charge is 2.23. The monoisotopic (exact) mass is 413 g/mol. The van der Waals surface area contributed by atoms with Crippen molar-refractivity contribution >= 4 is 22.0 Å². The van der Waals surface area contributed by atoms with Gasteiger partial charge in [0.1, 0.15) is 23.6 Å². The van der Waals surface area contributed by atoms with E-state index < -0.39 is 29.4 Å². The molecule has 0 aliphatic heterocycles. The number of rotatable bonds is 4. The molecule has 1 N–H and O–H groups in total. The molecule has 0 bridgehead atoms. The molecule has 0 saturated heterocycles. The van der Waals surface area contributed by atoms with E-state index in [2.05, 4.69) is 31.2 Å². The van der Waals surface area contributed by atoms with Crippen LogP contribution in [0.3, 0.4) is 0 Å². The Morgan fingerprint density at radius 3 is 2.48 bits per heavy atom. The SMILES string of the molecule is CC(C)(C)OC(=O)NC(Cc1cc(F)cc(F)c1)c1ncncc1Br. The Labute approximate surface area is 153 Å². The summed E-state index contributed by atoms with van der Waals surface area (Å²) in [6.07, 6.45) is 2.33. The van der Waals surface area contributed by atoms with Crippen LogP contribution in [-0.4, -0.2) is 21.7 Å². The summed E-state index contributed by atoms with van der Waals surface area (Å²) in [5.74, 6) is -1.37. The Hall–Kier alpha value is -2.09. The summed E-state index contributed by atoms with van der Waals surface area (Å²) in [4.78, 5) is 20.2. The van der Waals surface area contributed by atoms with Crippen molar-refractivity contribution in [2.45, 2.75) is 38.8 Å². The summed E-state index contributed by atoms with van der Waals surface area (Å²) in [5, 5.41) is 2.69. The van der Waals surface area contributed by atoms with Gasteiger partial charge in [0.2, 0.25) is 0 Å². The second-order valence-electron chi connectivity index (χ2n) is 6.44. The number of carbonyl (C=O) groups is 1. The number of hydrogen-bond acceptors (Lipinski definition) is 4. The first-order valence-corrected chi connectivity index (χ1v) is 8.33. The molecule has 0 saturated carbocycles. The molecule has 1 atom stereocenters. The highest BCUT2D eigenvalue weighted by molar-refractivity contribution is 9.10. The molecule has 1 aromatic heterocycles. The largest absolute Gasteiger partial charge is 0.444 e. The van der Waals surface area contributed by atoms with Crippen molar-refractivity contribution in [2.24, 2.45) is 0 Å². The van der Waals surface area contributed by atoms with Crippen LogP contribution in [0, 0.1) is 11.6 Å². The van der Waals surface area contributed by atoms with Crippen LogP contribution < -0.4 is 5.32 Å². The summed E-state index contributed by atoms with van der Waals surface area (Å²) >= 11 is 3.33. The van der Waals surface area contributed by atoms with Crippen LogP contribution in [0.4, 0.5) is 13.6 Å². The molecule has 0 fully saturated rings. The van der Waals surface area contributed by atoms with Crippen molar-refractivity contribution in [3.8, 4) is 0 Å². The maximum atomic E-state index is 13.5. The van der Waals surface area contributed by atoms with Crippen molar-refractivity contribution in [1.29, 1.82) is 0 Å². The molecule has 2 rings (SSSR count). The standard InChI is InChI=1S/C17H18BrF2N3O2/c1-17(2,3)25-16(24)23-14(15-13(18)8-21-9-22-15)6-10-4-11(19)7-12(20)5-10/h4-5,7-9,14H,6H2,1-3H3,(H,23,24). The molecule has 1 unspecified atom stereocenters. The van der Waals surface area contributed by atoms with E-state index in [0.29, 0.717) is 15.7 Å². The Bertz CT molecular complexity index is 746. The second-order valence-corrected chi connectivity index (χ2v) is 7.29. The number of benzene rings is 1. The maximum absolute atomic E-state index is 13.5. The number of carbonyl (C=O) groups excluding carboxylic acids is 1. The van der Waals surface area contributed by atoms with Crippen molar-refractivity contribution < 1.29 is 18.3 Å². The maximum Gasteiger partial charge on any atom is 0.408 e. The van der Waals surface area contributed by atoms with E-state index >= 15 is 0 Å². The van der Waals surface area contributed by atoms with Gasteiger partial charge in [-0.05, 0) is 60.8 Å². The highest BCUT2D eigenvalue weighted by atomic mass is 79.9. The zero-order chi connectivity index (χ0) is 18.6. The number of aromatic nitrogens is 2. The van der Waals surface area contributed by atoms with E-state index in [1.54, 1.807) is 20.8 Å². The van der Waals surface area contributed by atoms with E-state index in [1.807, 2.05) is 0 Å². The molecule has 1 aromatic carbocycles. The quantitative estimate of drug-likeness (QED) is 0.809. The lowest BCUT2D eigenvalue weighted by molar-refractivity contribution is 0.0502. The van der Waals surface area contributed by atoms with Crippen LogP contribution in [0.1, 0.15) is 38.1 Å². The van der Waals surface area contributed by atoms with Crippen LogP contribution in [-0.2, 0) is 11.2 Å². The first-order valence-electron chi connectivity index (χ1n) is 7.54. The lowest BCUT2D eigenvalue weighted by Crippen LogP contribution is -2.36. The molecule has 0 aliphatic rings. The highest BCUT2D eigenvalue weighted by Crippen LogP contribution is 2.24. The summed E-state index contributed by atoms with van der Waals surface area (Å²) < 4.78 is 32.7. The van der Waals surface area contributed by atoms with Crippen LogP contribution >= 0.6 is 15.9 Å². The minimum Gasteiger partial charge on any atom is -0.444 e. The topological polar surface area (TPSA) is 64.1 Å². The van der Waals surface area contributed by atoms with Gasteiger partial charge in [-0.2, -0.15) is 0 Å². The van der Waals surface area contributed by atoms with Gasteiger partial charge in [0, 0.05) is 12.3 Å². The molecule has 8 heteroatoms.